The van der Waals surface area contributed by atoms with Gasteiger partial charge in [-0.05, 0) is 103 Å². The highest BCUT2D eigenvalue weighted by atomic mass is 32.1. The zero-order valence-electron chi connectivity index (χ0n) is 27.9. The van der Waals surface area contributed by atoms with Crippen LogP contribution in [-0.4, -0.2) is 12.5 Å². The van der Waals surface area contributed by atoms with E-state index >= 15 is 0 Å². The summed E-state index contributed by atoms with van der Waals surface area (Å²) in [4.78, 5) is 0. The van der Waals surface area contributed by atoms with Gasteiger partial charge in [0.25, 0.3) is 0 Å². The topological polar surface area (TPSA) is 23.9 Å². The maximum atomic E-state index is 7.33. The minimum atomic E-state index is 0.797. The van der Waals surface area contributed by atoms with Gasteiger partial charge in [0.15, 0.2) is 0 Å². The average Bonchev–Trinajstić information content (AvgIpc) is 3.13. The van der Waals surface area contributed by atoms with E-state index in [2.05, 4.69) is 161 Å². The van der Waals surface area contributed by atoms with Gasteiger partial charge in [-0.1, -0.05) is 165 Å². The molecule has 0 aromatic heterocycles. The lowest BCUT2D eigenvalue weighted by Gasteiger charge is -2.18. The predicted molar refractivity (Wildman–Crippen MR) is 219 cm³/mol. The quantitative estimate of drug-likeness (QED) is 0.0679. The number of hydrogen-bond donors (Lipinski definition) is 2. The Morgan fingerprint density at radius 1 is 0.667 bits per heavy atom. The smallest absolute Gasteiger partial charge is 0.0183 e. The summed E-state index contributed by atoms with van der Waals surface area (Å²) in [5, 5.41) is 14.9. The maximum absolute atomic E-state index is 7.33. The summed E-state index contributed by atoms with van der Waals surface area (Å²) in [6.07, 6.45) is 14.6. The molecule has 0 aliphatic rings. The highest BCUT2D eigenvalue weighted by Gasteiger charge is 2.16. The minimum Gasteiger partial charge on any atom is -0.309 e. The van der Waals surface area contributed by atoms with E-state index in [4.69, 9.17) is 5.41 Å². The van der Waals surface area contributed by atoms with Crippen LogP contribution in [0, 0.1) is 12.3 Å². The molecule has 0 fully saturated rings. The highest BCUT2D eigenvalue weighted by Crippen LogP contribution is 2.44. The van der Waals surface area contributed by atoms with Crippen LogP contribution in [0.3, 0.4) is 0 Å². The van der Waals surface area contributed by atoms with Gasteiger partial charge in [0.05, 0.1) is 0 Å². The van der Waals surface area contributed by atoms with E-state index in [0.717, 1.165) is 17.6 Å². The van der Waals surface area contributed by atoms with Gasteiger partial charge in [-0.3, -0.25) is 0 Å². The number of hydrogen-bond acceptors (Lipinski definition) is 2. The highest BCUT2D eigenvalue weighted by molar-refractivity contribution is 7.79. The van der Waals surface area contributed by atoms with Crippen LogP contribution in [0.1, 0.15) is 11.1 Å². The summed E-state index contributed by atoms with van der Waals surface area (Å²) in [6.45, 7) is 16.8. The third kappa shape index (κ3) is 8.09. The van der Waals surface area contributed by atoms with E-state index in [9.17, 15) is 0 Å². The van der Waals surface area contributed by atoms with Crippen LogP contribution in [0.15, 0.2) is 183 Å². The number of aryl methyl sites for hydroxylation is 1. The number of rotatable bonds is 9. The SMILES string of the molecule is C=C/C(=C\C=N)C(=C)/C=C\Cc1ccc2ccc(-c3c4ccccc4c(-c4cccc(C)c4)c4ccccc34)cc2c1.C=CC=C.CS. The molecule has 6 aromatic carbocycles. The van der Waals surface area contributed by atoms with Gasteiger partial charge >= 0.3 is 0 Å². The van der Waals surface area contributed by atoms with Crippen molar-refractivity contribution in [1.29, 1.82) is 5.41 Å². The van der Waals surface area contributed by atoms with Crippen molar-refractivity contribution in [3.8, 4) is 22.3 Å². The Hall–Kier alpha value is -5.44. The first-order chi connectivity index (χ1) is 23.5. The molecule has 6 rings (SSSR count). The van der Waals surface area contributed by atoms with Crippen molar-refractivity contribution in [2.45, 2.75) is 13.3 Å². The molecule has 0 saturated carbocycles. The number of thiol groups is 1. The van der Waals surface area contributed by atoms with Gasteiger partial charge in [-0.25, -0.2) is 0 Å². The molecule has 48 heavy (non-hydrogen) atoms. The van der Waals surface area contributed by atoms with E-state index in [1.165, 1.54) is 71.9 Å². The standard InChI is InChI=1S/C41H33N.C4H6.CH4S/c1-4-31(23-24-42)29(3)12-10-13-30-19-20-32-21-22-34(27-35(32)26-30)41-38-17-7-5-15-36(38)40(33-14-9-11-28(2)25-33)37-16-6-8-18-39(37)41;1-3-4-2;1-2/h4-12,14-27,42H,1,3,13H2,2H3;3-4H,1-2H2;2H,1H3/b12-10-,31-23+,42-24?;;. The number of allylic oxidation sites excluding steroid dienone is 8. The van der Waals surface area contributed by atoms with E-state index in [1.54, 1.807) is 30.6 Å². The molecule has 0 aliphatic heterocycles. The lowest BCUT2D eigenvalue weighted by Crippen LogP contribution is -1.91. The lowest BCUT2D eigenvalue weighted by atomic mass is 9.85. The van der Waals surface area contributed by atoms with E-state index in [1.807, 2.05) is 6.08 Å². The molecule has 0 unspecified atom stereocenters. The molecule has 0 atom stereocenters. The van der Waals surface area contributed by atoms with Crippen LogP contribution >= 0.6 is 12.6 Å². The van der Waals surface area contributed by atoms with Gasteiger partial charge in [-0.2, -0.15) is 12.6 Å². The van der Waals surface area contributed by atoms with Gasteiger partial charge in [0.1, 0.15) is 0 Å². The Bertz CT molecular complexity index is 2110. The summed E-state index contributed by atoms with van der Waals surface area (Å²) in [5.74, 6) is 0. The minimum absolute atomic E-state index is 0.797. The van der Waals surface area contributed by atoms with Crippen LogP contribution in [0.2, 0.25) is 0 Å². The first-order valence-corrected chi connectivity index (χ1v) is 16.8. The fourth-order valence-corrected chi connectivity index (χ4v) is 5.96. The Morgan fingerprint density at radius 3 is 1.75 bits per heavy atom. The summed E-state index contributed by atoms with van der Waals surface area (Å²) < 4.78 is 0. The summed E-state index contributed by atoms with van der Waals surface area (Å²) in [7, 11) is 0. The number of fused-ring (bicyclic) bond motifs is 3. The lowest BCUT2D eigenvalue weighted by molar-refractivity contribution is 1.28. The maximum Gasteiger partial charge on any atom is 0.0183 e. The Kier molecular flexibility index (Phi) is 12.9. The fourth-order valence-electron chi connectivity index (χ4n) is 5.96. The molecule has 0 saturated heterocycles. The largest absolute Gasteiger partial charge is 0.309 e. The molecular weight excluding hydrogens is 599 g/mol. The molecule has 0 aliphatic carbocycles. The predicted octanol–water partition coefficient (Wildman–Crippen LogP) is 13.1. The second-order valence-corrected chi connectivity index (χ2v) is 11.2. The average molecular weight is 642 g/mol. The first kappa shape index (κ1) is 35.4. The Labute approximate surface area is 291 Å². The van der Waals surface area contributed by atoms with Crippen molar-refractivity contribution < 1.29 is 0 Å². The van der Waals surface area contributed by atoms with Crippen molar-refractivity contribution >= 4 is 51.2 Å². The molecule has 1 nitrogen and oxygen atoms in total. The second-order valence-electron chi connectivity index (χ2n) is 11.2. The van der Waals surface area contributed by atoms with Crippen molar-refractivity contribution in [2.24, 2.45) is 0 Å². The van der Waals surface area contributed by atoms with Crippen LogP contribution in [-0.2, 0) is 6.42 Å². The molecule has 6 aromatic rings. The monoisotopic (exact) mass is 641 g/mol. The van der Waals surface area contributed by atoms with Crippen molar-refractivity contribution in [1.82, 2.24) is 0 Å². The molecular formula is C46H43NS. The molecule has 1 N–H and O–H groups in total. The van der Waals surface area contributed by atoms with Crippen LogP contribution in [0.4, 0.5) is 0 Å². The third-order valence-corrected chi connectivity index (χ3v) is 8.12. The number of nitrogens with one attached hydrogen (secondary N) is 1. The normalized spacial score (nSPS) is 10.9. The summed E-state index contributed by atoms with van der Waals surface area (Å²) in [5.41, 5.74) is 9.25. The van der Waals surface area contributed by atoms with Crippen LogP contribution < -0.4 is 0 Å². The van der Waals surface area contributed by atoms with E-state index < -0.39 is 0 Å². The molecule has 0 heterocycles. The fraction of sp³-hybridized carbons (Fsp3) is 0.0652. The Morgan fingerprint density at radius 2 is 1.23 bits per heavy atom. The molecule has 0 spiro atoms. The summed E-state index contributed by atoms with van der Waals surface area (Å²) in [6, 6.07) is 40.0. The third-order valence-electron chi connectivity index (χ3n) is 8.12. The van der Waals surface area contributed by atoms with E-state index in [-0.39, 0.29) is 0 Å². The van der Waals surface area contributed by atoms with Crippen molar-refractivity contribution in [3.63, 3.8) is 0 Å². The van der Waals surface area contributed by atoms with Gasteiger partial charge in [0, 0.05) is 6.21 Å². The molecule has 2 heteroatoms. The molecule has 238 valence electrons. The molecule has 0 amide bonds. The Balaban J connectivity index is 0.000000808. The van der Waals surface area contributed by atoms with Gasteiger partial charge < -0.3 is 5.41 Å². The number of benzene rings is 6. The second kappa shape index (κ2) is 17.5. The van der Waals surface area contributed by atoms with Crippen molar-refractivity contribution in [3.05, 3.63) is 194 Å². The zero-order chi connectivity index (χ0) is 34.5. The molecule has 0 bridgehead atoms. The van der Waals surface area contributed by atoms with Gasteiger partial charge in [0.2, 0.25) is 0 Å². The summed E-state index contributed by atoms with van der Waals surface area (Å²) >= 11 is 3.53. The van der Waals surface area contributed by atoms with Crippen molar-refractivity contribution in [2.75, 3.05) is 6.26 Å². The van der Waals surface area contributed by atoms with Gasteiger partial charge in [-0.15, -0.1) is 0 Å². The molecule has 0 radical (unpaired) electrons. The first-order valence-electron chi connectivity index (χ1n) is 15.9. The van der Waals surface area contributed by atoms with E-state index in [0.29, 0.717) is 0 Å². The zero-order valence-corrected chi connectivity index (χ0v) is 28.8. The van der Waals surface area contributed by atoms with Crippen LogP contribution in [0.5, 0.6) is 0 Å². The van der Waals surface area contributed by atoms with Crippen LogP contribution in [0.25, 0.3) is 54.6 Å².